The summed E-state index contributed by atoms with van der Waals surface area (Å²) >= 11 is 0. The number of aliphatic imine (C=N–C) groups is 2. The average Bonchev–Trinajstić information content (AvgIpc) is 2.62. The molecule has 1 aromatic rings. The number of hydrogen-bond acceptors (Lipinski definition) is 2. The van der Waals surface area contributed by atoms with Gasteiger partial charge >= 0.3 is 0 Å². The van der Waals surface area contributed by atoms with Gasteiger partial charge in [0.05, 0.1) is 17.1 Å². The molecular formula is C23H30N2. The fourth-order valence-corrected chi connectivity index (χ4v) is 4.19. The smallest absolute Gasteiger partial charge is 0.0805 e. The summed E-state index contributed by atoms with van der Waals surface area (Å²) in [4.78, 5) is 9.40. The maximum atomic E-state index is 4.96. The van der Waals surface area contributed by atoms with Gasteiger partial charge in [0.2, 0.25) is 0 Å². The van der Waals surface area contributed by atoms with E-state index in [0.29, 0.717) is 0 Å². The molecule has 1 aliphatic heterocycles. The van der Waals surface area contributed by atoms with Crippen molar-refractivity contribution in [1.29, 1.82) is 0 Å². The summed E-state index contributed by atoms with van der Waals surface area (Å²) in [5.41, 5.74) is 5.88. The SMILES string of the molecule is C=C/N=C1/CC(C)(C)C(c2ccc(C3CCCCC3)cc2)=N/C1=C/C. The first-order valence-electron chi connectivity index (χ1n) is 9.59. The summed E-state index contributed by atoms with van der Waals surface area (Å²) in [5.74, 6) is 0.751. The lowest BCUT2D eigenvalue weighted by Crippen LogP contribution is -2.33. The number of allylic oxidation sites excluding steroid dienone is 2. The Kier molecular flexibility index (Phi) is 5.36. The molecule has 25 heavy (non-hydrogen) atoms. The highest BCUT2D eigenvalue weighted by atomic mass is 14.9. The van der Waals surface area contributed by atoms with Gasteiger partial charge in [-0.05, 0) is 36.8 Å². The van der Waals surface area contributed by atoms with Crippen LogP contribution in [0.2, 0.25) is 0 Å². The van der Waals surface area contributed by atoms with Gasteiger partial charge in [-0.3, -0.25) is 9.98 Å². The highest BCUT2D eigenvalue weighted by Crippen LogP contribution is 2.36. The molecule has 2 nitrogen and oxygen atoms in total. The van der Waals surface area contributed by atoms with Crippen molar-refractivity contribution in [2.45, 2.75) is 65.2 Å². The van der Waals surface area contributed by atoms with E-state index in [1.165, 1.54) is 48.9 Å². The maximum absolute atomic E-state index is 4.96. The normalized spacial score (nSPS) is 24.4. The maximum Gasteiger partial charge on any atom is 0.0805 e. The summed E-state index contributed by atoms with van der Waals surface area (Å²) in [7, 11) is 0. The van der Waals surface area contributed by atoms with Crippen LogP contribution in [-0.2, 0) is 0 Å². The highest BCUT2D eigenvalue weighted by Gasteiger charge is 2.33. The minimum atomic E-state index is -0.0271. The van der Waals surface area contributed by atoms with E-state index >= 15 is 0 Å². The Balaban J connectivity index is 1.91. The van der Waals surface area contributed by atoms with E-state index in [-0.39, 0.29) is 5.41 Å². The molecule has 0 bridgehead atoms. The van der Waals surface area contributed by atoms with Gasteiger partial charge in [-0.15, -0.1) is 0 Å². The molecule has 0 aromatic heterocycles. The molecule has 1 saturated carbocycles. The summed E-state index contributed by atoms with van der Waals surface area (Å²) in [6.07, 6.45) is 11.4. The van der Waals surface area contributed by atoms with E-state index in [9.17, 15) is 0 Å². The van der Waals surface area contributed by atoms with Crippen molar-refractivity contribution in [1.82, 2.24) is 0 Å². The fraction of sp³-hybridized carbons (Fsp3) is 0.478. The number of nitrogens with zero attached hydrogens (tertiary/aromatic N) is 2. The van der Waals surface area contributed by atoms with Crippen LogP contribution in [0.25, 0.3) is 0 Å². The molecule has 132 valence electrons. The molecule has 0 atom stereocenters. The van der Waals surface area contributed by atoms with Crippen LogP contribution in [0, 0.1) is 5.41 Å². The predicted molar refractivity (Wildman–Crippen MR) is 109 cm³/mol. The molecule has 1 aliphatic carbocycles. The van der Waals surface area contributed by atoms with E-state index < -0.39 is 0 Å². The Hall–Kier alpha value is -1.96. The Morgan fingerprint density at radius 1 is 1.12 bits per heavy atom. The molecule has 3 rings (SSSR count). The first-order chi connectivity index (χ1) is 12.0. The topological polar surface area (TPSA) is 24.7 Å². The quantitative estimate of drug-likeness (QED) is 0.607. The fourth-order valence-electron chi connectivity index (χ4n) is 4.19. The lowest BCUT2D eigenvalue weighted by molar-refractivity contribution is 0.443. The molecule has 0 saturated heterocycles. The molecule has 1 aromatic carbocycles. The average molecular weight is 335 g/mol. The largest absolute Gasteiger partial charge is 0.260 e. The zero-order valence-electron chi connectivity index (χ0n) is 15.9. The predicted octanol–water partition coefficient (Wildman–Crippen LogP) is 6.44. The monoisotopic (exact) mass is 334 g/mol. The van der Waals surface area contributed by atoms with Gasteiger partial charge in [0, 0.05) is 18.0 Å². The van der Waals surface area contributed by atoms with Crippen LogP contribution in [0.3, 0.4) is 0 Å². The van der Waals surface area contributed by atoms with Crippen LogP contribution < -0.4 is 0 Å². The van der Waals surface area contributed by atoms with Crippen molar-refractivity contribution in [2.75, 3.05) is 0 Å². The molecule has 1 heterocycles. The molecule has 0 N–H and O–H groups in total. The second kappa shape index (κ2) is 7.51. The zero-order valence-corrected chi connectivity index (χ0v) is 15.9. The van der Waals surface area contributed by atoms with E-state index in [1.807, 2.05) is 13.0 Å². The van der Waals surface area contributed by atoms with Crippen molar-refractivity contribution >= 4 is 11.4 Å². The number of hydrogen-bond donors (Lipinski definition) is 0. The van der Waals surface area contributed by atoms with Crippen LogP contribution in [0.15, 0.2) is 58.8 Å². The third-order valence-electron chi connectivity index (χ3n) is 5.56. The minimum absolute atomic E-state index is 0.0271. The molecule has 2 aliphatic rings. The number of benzene rings is 1. The Bertz CT molecular complexity index is 711. The van der Waals surface area contributed by atoms with E-state index in [2.05, 4.69) is 49.7 Å². The van der Waals surface area contributed by atoms with E-state index in [4.69, 9.17) is 4.99 Å². The zero-order chi connectivity index (χ0) is 17.9. The van der Waals surface area contributed by atoms with Gasteiger partial charge in [-0.1, -0.05) is 70.0 Å². The van der Waals surface area contributed by atoms with Crippen molar-refractivity contribution in [3.63, 3.8) is 0 Å². The summed E-state index contributed by atoms with van der Waals surface area (Å²) in [5, 5.41) is 0. The summed E-state index contributed by atoms with van der Waals surface area (Å²) in [6.45, 7) is 10.3. The summed E-state index contributed by atoms with van der Waals surface area (Å²) in [6, 6.07) is 9.19. The standard InChI is InChI=1S/C23H30N2/c1-5-20-21(24-6-2)16-23(3,4)22(25-20)19-14-12-18(13-15-19)17-10-8-7-9-11-17/h5-6,12-15,17H,2,7-11,16H2,1,3-4H3/b20-5+,24-21-. The Morgan fingerprint density at radius 2 is 1.80 bits per heavy atom. The van der Waals surface area contributed by atoms with Crippen LogP contribution in [0.5, 0.6) is 0 Å². The Morgan fingerprint density at radius 3 is 2.40 bits per heavy atom. The van der Waals surface area contributed by atoms with Gasteiger partial charge in [0.15, 0.2) is 0 Å². The first kappa shape index (κ1) is 17.8. The van der Waals surface area contributed by atoms with E-state index in [0.717, 1.165) is 23.7 Å². The van der Waals surface area contributed by atoms with Gasteiger partial charge in [0.1, 0.15) is 0 Å². The van der Waals surface area contributed by atoms with Gasteiger partial charge < -0.3 is 0 Å². The lowest BCUT2D eigenvalue weighted by atomic mass is 9.75. The molecular weight excluding hydrogens is 304 g/mol. The first-order valence-corrected chi connectivity index (χ1v) is 9.59. The Labute approximate surface area is 152 Å². The minimum Gasteiger partial charge on any atom is -0.260 e. The van der Waals surface area contributed by atoms with Crippen LogP contribution >= 0.6 is 0 Å². The molecule has 1 fully saturated rings. The third-order valence-corrected chi connectivity index (χ3v) is 5.56. The second-order valence-electron chi connectivity index (χ2n) is 7.91. The van der Waals surface area contributed by atoms with Gasteiger partial charge in [0.25, 0.3) is 0 Å². The van der Waals surface area contributed by atoms with Crippen molar-refractivity contribution in [3.8, 4) is 0 Å². The van der Waals surface area contributed by atoms with Crippen molar-refractivity contribution < 1.29 is 0 Å². The van der Waals surface area contributed by atoms with Crippen molar-refractivity contribution in [2.24, 2.45) is 15.4 Å². The van der Waals surface area contributed by atoms with Crippen LogP contribution in [0.1, 0.15) is 76.3 Å². The van der Waals surface area contributed by atoms with Crippen LogP contribution in [-0.4, -0.2) is 11.4 Å². The summed E-state index contributed by atoms with van der Waals surface area (Å²) < 4.78 is 0. The molecule has 0 unspecified atom stereocenters. The molecule has 2 heteroatoms. The van der Waals surface area contributed by atoms with E-state index in [1.54, 1.807) is 6.20 Å². The molecule has 0 amide bonds. The van der Waals surface area contributed by atoms with Crippen LogP contribution in [0.4, 0.5) is 0 Å². The van der Waals surface area contributed by atoms with Crippen molar-refractivity contribution in [3.05, 3.63) is 59.9 Å². The lowest BCUT2D eigenvalue weighted by Gasteiger charge is -2.32. The molecule has 0 radical (unpaired) electrons. The molecule has 0 spiro atoms. The second-order valence-corrected chi connectivity index (χ2v) is 7.91. The highest BCUT2D eigenvalue weighted by molar-refractivity contribution is 6.15. The number of rotatable bonds is 3. The van der Waals surface area contributed by atoms with Gasteiger partial charge in [-0.25, -0.2) is 0 Å². The third kappa shape index (κ3) is 3.84. The van der Waals surface area contributed by atoms with Gasteiger partial charge in [-0.2, -0.15) is 0 Å².